The molecule has 0 radical (unpaired) electrons. The molecule has 2 aromatic carbocycles. The second-order valence-electron chi connectivity index (χ2n) is 10.7. The van der Waals surface area contributed by atoms with Crippen molar-refractivity contribution in [1.29, 1.82) is 0 Å². The van der Waals surface area contributed by atoms with Crippen LogP contribution in [0.1, 0.15) is 93.9 Å². The molecule has 2 aromatic rings. The van der Waals surface area contributed by atoms with Crippen molar-refractivity contribution in [2.24, 2.45) is 11.8 Å². The molecule has 0 spiro atoms. The third-order valence-electron chi connectivity index (χ3n) is 8.52. The Hall–Kier alpha value is -2.14. The zero-order valence-corrected chi connectivity index (χ0v) is 20.8. The summed E-state index contributed by atoms with van der Waals surface area (Å²) in [7, 11) is 0. The van der Waals surface area contributed by atoms with E-state index >= 15 is 13.2 Å². The van der Waals surface area contributed by atoms with Crippen molar-refractivity contribution in [3.05, 3.63) is 63.7 Å². The van der Waals surface area contributed by atoms with Crippen LogP contribution < -0.4 is 0 Å². The Morgan fingerprint density at radius 1 is 0.886 bits per heavy atom. The zero-order chi connectivity index (χ0) is 24.9. The van der Waals surface area contributed by atoms with Crippen LogP contribution in [0, 0.1) is 35.1 Å². The van der Waals surface area contributed by atoms with Gasteiger partial charge in [0.1, 0.15) is 0 Å². The summed E-state index contributed by atoms with van der Waals surface area (Å²) in [5, 5.41) is 0. The Bertz CT molecular complexity index is 1160. The van der Waals surface area contributed by atoms with Gasteiger partial charge in [0.15, 0.2) is 23.3 Å². The number of fused-ring (bicyclic) bond motifs is 3. The van der Waals surface area contributed by atoms with Crippen LogP contribution in [0.2, 0.25) is 0 Å². The molecule has 5 heteroatoms. The van der Waals surface area contributed by atoms with Crippen LogP contribution >= 0.6 is 0 Å². The number of hydrogen-bond donors (Lipinski definition) is 0. The highest BCUT2D eigenvalue weighted by Crippen LogP contribution is 2.46. The van der Waals surface area contributed by atoms with Crippen LogP contribution in [0.5, 0.6) is 0 Å². The molecule has 0 bridgehead atoms. The minimum absolute atomic E-state index is 0.104. The van der Waals surface area contributed by atoms with Crippen molar-refractivity contribution in [2.45, 2.75) is 84.2 Å². The topological polar surface area (TPSA) is 9.23 Å². The first kappa shape index (κ1) is 24.5. The van der Waals surface area contributed by atoms with Crippen LogP contribution in [-0.2, 0) is 11.2 Å². The van der Waals surface area contributed by atoms with E-state index in [2.05, 4.69) is 6.92 Å². The lowest BCUT2D eigenvalue weighted by Crippen LogP contribution is -2.32. The largest absolute Gasteiger partial charge is 0.378 e. The van der Waals surface area contributed by atoms with E-state index in [4.69, 9.17) is 4.74 Å². The summed E-state index contributed by atoms with van der Waals surface area (Å²) in [6.07, 6.45) is 8.45. The molecule has 188 valence electrons. The number of rotatable bonds is 5. The second-order valence-corrected chi connectivity index (χ2v) is 10.7. The van der Waals surface area contributed by atoms with Gasteiger partial charge in [-0.15, -0.1) is 0 Å². The molecule has 0 amide bonds. The first-order chi connectivity index (χ1) is 16.8. The summed E-state index contributed by atoms with van der Waals surface area (Å²) in [6.45, 7) is 6.88. The number of ether oxygens (including phenoxy) is 1. The van der Waals surface area contributed by atoms with Gasteiger partial charge in [-0.3, -0.25) is 0 Å². The van der Waals surface area contributed by atoms with Crippen LogP contribution in [0.15, 0.2) is 18.2 Å². The van der Waals surface area contributed by atoms with E-state index in [-0.39, 0.29) is 35.1 Å². The molecule has 1 nitrogen and oxygen atoms in total. The zero-order valence-electron chi connectivity index (χ0n) is 20.8. The summed E-state index contributed by atoms with van der Waals surface area (Å²) in [5.74, 6) is -3.14. The maximum atomic E-state index is 15.4. The minimum atomic E-state index is -1.07. The van der Waals surface area contributed by atoms with Gasteiger partial charge in [0.25, 0.3) is 0 Å². The maximum absolute atomic E-state index is 15.4. The van der Waals surface area contributed by atoms with Gasteiger partial charge in [0, 0.05) is 23.3 Å². The summed E-state index contributed by atoms with van der Waals surface area (Å²) >= 11 is 0. The summed E-state index contributed by atoms with van der Waals surface area (Å²) in [5.41, 5.74) is 2.22. The van der Waals surface area contributed by atoms with E-state index in [1.807, 2.05) is 19.9 Å². The van der Waals surface area contributed by atoms with Gasteiger partial charge in [-0.05, 0) is 97.5 Å². The molecule has 1 aliphatic heterocycles. The van der Waals surface area contributed by atoms with Gasteiger partial charge in [-0.2, -0.15) is 0 Å². The smallest absolute Gasteiger partial charge is 0.167 e. The monoisotopic (exact) mass is 486 g/mol. The highest BCUT2D eigenvalue weighted by molar-refractivity contribution is 5.81. The average molecular weight is 487 g/mol. The van der Waals surface area contributed by atoms with Crippen LogP contribution in [0.3, 0.4) is 0 Å². The standard InChI is InChI=1S/C30H34F4O/c1-4-17(5-2)22-13-20-12-21-14-23(28(32)30(34)26(21)25(20)29(33)27(22)31)18-7-9-19(10-8-18)24-11-6-16(3)15-35-24/h7,13-14,16-17,19,24H,4-6,8-12,15H2,1-3H3. The van der Waals surface area contributed by atoms with Crippen LogP contribution in [0.25, 0.3) is 16.7 Å². The maximum Gasteiger partial charge on any atom is 0.167 e. The minimum Gasteiger partial charge on any atom is -0.378 e. The molecule has 35 heavy (non-hydrogen) atoms. The molecule has 1 saturated heterocycles. The van der Waals surface area contributed by atoms with E-state index in [1.54, 1.807) is 12.1 Å². The Kier molecular flexibility index (Phi) is 6.82. The van der Waals surface area contributed by atoms with Crippen molar-refractivity contribution in [3.63, 3.8) is 0 Å². The molecular formula is C30H34F4O. The molecule has 0 N–H and O–H groups in total. The molecular weight excluding hydrogens is 452 g/mol. The summed E-state index contributed by atoms with van der Waals surface area (Å²) in [6, 6.07) is 3.32. The molecule has 0 aromatic heterocycles. The molecule has 1 heterocycles. The third-order valence-corrected chi connectivity index (χ3v) is 8.52. The van der Waals surface area contributed by atoms with Gasteiger partial charge >= 0.3 is 0 Å². The average Bonchev–Trinajstić information content (AvgIpc) is 3.24. The Morgan fingerprint density at radius 3 is 2.17 bits per heavy atom. The van der Waals surface area contributed by atoms with E-state index in [0.717, 1.165) is 31.4 Å². The Balaban J connectivity index is 1.46. The lowest BCUT2D eigenvalue weighted by atomic mass is 9.80. The fourth-order valence-electron chi connectivity index (χ4n) is 6.38. The van der Waals surface area contributed by atoms with Crippen molar-refractivity contribution in [3.8, 4) is 11.1 Å². The Morgan fingerprint density at radius 2 is 1.57 bits per heavy atom. The molecule has 3 unspecified atom stereocenters. The quantitative estimate of drug-likeness (QED) is 0.328. The van der Waals surface area contributed by atoms with Gasteiger partial charge in [0.05, 0.1) is 6.10 Å². The van der Waals surface area contributed by atoms with Gasteiger partial charge in [0.2, 0.25) is 0 Å². The highest BCUT2D eigenvalue weighted by atomic mass is 19.2. The fourth-order valence-corrected chi connectivity index (χ4v) is 6.38. The second kappa shape index (κ2) is 9.72. The fraction of sp³-hybridized carbons (Fsp3) is 0.533. The normalized spacial score (nSPS) is 23.9. The van der Waals surface area contributed by atoms with E-state index in [9.17, 15) is 4.39 Å². The van der Waals surface area contributed by atoms with Gasteiger partial charge < -0.3 is 4.74 Å². The SMILES string of the molecule is CCC(CC)c1cc2c(c(F)c1F)-c1c(cc(C3=CCC(C4CCC(C)CO4)CC3)c(F)c1F)C2. The van der Waals surface area contributed by atoms with Crippen molar-refractivity contribution < 1.29 is 22.3 Å². The number of hydrogen-bond acceptors (Lipinski definition) is 1. The predicted molar refractivity (Wildman–Crippen MR) is 131 cm³/mol. The third kappa shape index (κ3) is 4.24. The van der Waals surface area contributed by atoms with E-state index in [1.165, 1.54) is 6.42 Å². The van der Waals surface area contributed by atoms with Crippen LogP contribution in [0.4, 0.5) is 17.6 Å². The first-order valence-electron chi connectivity index (χ1n) is 13.2. The molecule has 5 rings (SSSR count). The predicted octanol–water partition coefficient (Wildman–Crippen LogP) is 8.72. The first-order valence-corrected chi connectivity index (χ1v) is 13.2. The van der Waals surface area contributed by atoms with Crippen molar-refractivity contribution in [1.82, 2.24) is 0 Å². The van der Waals surface area contributed by atoms with Crippen molar-refractivity contribution in [2.75, 3.05) is 6.61 Å². The number of halogens is 4. The highest BCUT2D eigenvalue weighted by Gasteiger charge is 2.34. The Labute approximate surface area is 205 Å². The molecule has 1 fully saturated rings. The summed E-state index contributed by atoms with van der Waals surface area (Å²) in [4.78, 5) is 0. The molecule has 0 saturated carbocycles. The van der Waals surface area contributed by atoms with Gasteiger partial charge in [-0.1, -0.05) is 32.9 Å². The number of allylic oxidation sites excluding steroid dienone is 2. The van der Waals surface area contributed by atoms with Crippen molar-refractivity contribution >= 4 is 5.57 Å². The molecule has 3 atom stereocenters. The lowest BCUT2D eigenvalue weighted by Gasteiger charge is -2.34. The van der Waals surface area contributed by atoms with E-state index < -0.39 is 23.3 Å². The van der Waals surface area contributed by atoms with E-state index in [0.29, 0.717) is 47.8 Å². The molecule has 2 aliphatic carbocycles. The summed E-state index contributed by atoms with van der Waals surface area (Å²) < 4.78 is 66.9. The number of benzene rings is 2. The molecule has 3 aliphatic rings. The lowest BCUT2D eigenvalue weighted by molar-refractivity contribution is -0.0449. The van der Waals surface area contributed by atoms with Gasteiger partial charge in [-0.25, -0.2) is 17.6 Å². The van der Waals surface area contributed by atoms with Crippen LogP contribution in [-0.4, -0.2) is 12.7 Å².